The lowest BCUT2D eigenvalue weighted by atomic mass is 9.84. The summed E-state index contributed by atoms with van der Waals surface area (Å²) in [5.74, 6) is 0.953. The maximum atomic E-state index is 13.4. The van der Waals surface area contributed by atoms with Gasteiger partial charge in [-0.3, -0.25) is 0 Å². The van der Waals surface area contributed by atoms with E-state index < -0.39 is 0 Å². The molecule has 0 N–H and O–H groups in total. The molecule has 0 aromatic carbocycles. The van der Waals surface area contributed by atoms with Gasteiger partial charge in [0.05, 0.1) is 0 Å². The van der Waals surface area contributed by atoms with E-state index in [9.17, 15) is 4.39 Å². The van der Waals surface area contributed by atoms with Gasteiger partial charge in [0.25, 0.3) is 0 Å². The second-order valence-electron chi connectivity index (χ2n) is 4.52. The van der Waals surface area contributed by atoms with Crippen LogP contribution < -0.4 is 0 Å². The first-order valence-corrected chi connectivity index (χ1v) is 5.24. The molecule has 0 saturated carbocycles. The first-order valence-electron chi connectivity index (χ1n) is 5.24. The average Bonchev–Trinajstić information content (AvgIpc) is 2.42. The van der Waals surface area contributed by atoms with Crippen molar-refractivity contribution in [1.29, 1.82) is 0 Å². The Kier molecular flexibility index (Phi) is 3.35. The molecule has 0 unspecified atom stereocenters. The molecular formula is C12H19FO. The van der Waals surface area contributed by atoms with E-state index in [-0.39, 0.29) is 11.2 Å². The Balaban J connectivity index is 2.85. The number of rotatable bonds is 4. The highest BCUT2D eigenvalue weighted by molar-refractivity contribution is 5.17. The second kappa shape index (κ2) is 4.16. The van der Waals surface area contributed by atoms with Crippen molar-refractivity contribution in [2.45, 2.75) is 52.4 Å². The molecule has 1 heterocycles. The summed E-state index contributed by atoms with van der Waals surface area (Å²) in [6.07, 6.45) is 3.20. The number of aryl methyl sites for hydroxylation is 1. The van der Waals surface area contributed by atoms with Gasteiger partial charge in [0.1, 0.15) is 11.5 Å². The monoisotopic (exact) mass is 198 g/mol. The molecule has 1 aromatic heterocycles. The van der Waals surface area contributed by atoms with Crippen LogP contribution in [0, 0.1) is 12.7 Å². The van der Waals surface area contributed by atoms with Crippen molar-refractivity contribution < 1.29 is 8.81 Å². The fourth-order valence-electron chi connectivity index (χ4n) is 1.68. The molecule has 80 valence electrons. The van der Waals surface area contributed by atoms with Gasteiger partial charge in [0, 0.05) is 11.5 Å². The quantitative estimate of drug-likeness (QED) is 0.706. The number of furan rings is 1. The van der Waals surface area contributed by atoms with Crippen LogP contribution in [-0.4, -0.2) is 0 Å². The lowest BCUT2D eigenvalue weighted by Crippen LogP contribution is -2.17. The van der Waals surface area contributed by atoms with Gasteiger partial charge < -0.3 is 4.42 Å². The summed E-state index contributed by atoms with van der Waals surface area (Å²) in [6, 6.07) is 1.46. The molecule has 0 radical (unpaired) electrons. The van der Waals surface area contributed by atoms with Crippen molar-refractivity contribution in [2.75, 3.05) is 0 Å². The Morgan fingerprint density at radius 1 is 1.43 bits per heavy atom. The van der Waals surface area contributed by atoms with Crippen molar-refractivity contribution in [2.24, 2.45) is 0 Å². The fourth-order valence-corrected chi connectivity index (χ4v) is 1.68. The molecule has 0 aliphatic rings. The van der Waals surface area contributed by atoms with E-state index in [1.807, 2.05) is 13.8 Å². The lowest BCUT2D eigenvalue weighted by molar-refractivity contribution is 0.328. The highest BCUT2D eigenvalue weighted by Crippen LogP contribution is 2.32. The molecule has 1 nitrogen and oxygen atoms in total. The second-order valence-corrected chi connectivity index (χ2v) is 4.52. The van der Waals surface area contributed by atoms with Crippen LogP contribution in [0.25, 0.3) is 0 Å². The third kappa shape index (κ3) is 2.37. The molecule has 0 bridgehead atoms. The third-order valence-corrected chi connectivity index (χ3v) is 2.58. The Hall–Kier alpha value is -0.790. The SMILES string of the molecule is CCCCC(C)(C)c1oc(C)cc1F. The van der Waals surface area contributed by atoms with E-state index >= 15 is 0 Å². The molecule has 0 aliphatic carbocycles. The largest absolute Gasteiger partial charge is 0.463 e. The van der Waals surface area contributed by atoms with E-state index in [1.165, 1.54) is 6.07 Å². The first-order chi connectivity index (χ1) is 6.47. The number of halogens is 1. The molecule has 14 heavy (non-hydrogen) atoms. The fraction of sp³-hybridized carbons (Fsp3) is 0.667. The Labute approximate surface area is 85.3 Å². The summed E-state index contributed by atoms with van der Waals surface area (Å²) >= 11 is 0. The van der Waals surface area contributed by atoms with Gasteiger partial charge in [-0.25, -0.2) is 4.39 Å². The molecule has 1 aromatic rings. The van der Waals surface area contributed by atoms with E-state index in [0.717, 1.165) is 19.3 Å². The van der Waals surface area contributed by atoms with Crippen molar-refractivity contribution in [1.82, 2.24) is 0 Å². The summed E-state index contributed by atoms with van der Waals surface area (Å²) < 4.78 is 18.8. The van der Waals surface area contributed by atoms with Crippen LogP contribution in [0.2, 0.25) is 0 Å². The van der Waals surface area contributed by atoms with Crippen molar-refractivity contribution >= 4 is 0 Å². The molecular weight excluding hydrogens is 179 g/mol. The molecule has 0 saturated heterocycles. The van der Waals surface area contributed by atoms with Crippen molar-refractivity contribution in [3.63, 3.8) is 0 Å². The Morgan fingerprint density at radius 3 is 2.50 bits per heavy atom. The van der Waals surface area contributed by atoms with Crippen LogP contribution in [-0.2, 0) is 5.41 Å². The average molecular weight is 198 g/mol. The smallest absolute Gasteiger partial charge is 0.165 e. The first kappa shape index (κ1) is 11.3. The standard InChI is InChI=1S/C12H19FO/c1-5-6-7-12(3,4)11-10(13)8-9(2)14-11/h8H,5-7H2,1-4H3. The predicted molar refractivity (Wildman–Crippen MR) is 56.0 cm³/mol. The third-order valence-electron chi connectivity index (χ3n) is 2.58. The molecule has 2 heteroatoms. The molecule has 0 amide bonds. The minimum absolute atomic E-state index is 0.186. The molecule has 1 rings (SSSR count). The van der Waals surface area contributed by atoms with E-state index in [4.69, 9.17) is 4.42 Å². The zero-order valence-corrected chi connectivity index (χ0v) is 9.48. The van der Waals surface area contributed by atoms with Crippen LogP contribution in [0.4, 0.5) is 4.39 Å². The lowest BCUT2D eigenvalue weighted by Gasteiger charge is -2.21. The minimum Gasteiger partial charge on any atom is -0.463 e. The topological polar surface area (TPSA) is 13.1 Å². The maximum Gasteiger partial charge on any atom is 0.165 e. The highest BCUT2D eigenvalue weighted by atomic mass is 19.1. The summed E-state index contributed by atoms with van der Waals surface area (Å²) in [4.78, 5) is 0. The van der Waals surface area contributed by atoms with Crippen molar-refractivity contribution in [3.05, 3.63) is 23.4 Å². The summed E-state index contributed by atoms with van der Waals surface area (Å²) in [7, 11) is 0. The Bertz CT molecular complexity index is 299. The summed E-state index contributed by atoms with van der Waals surface area (Å²) in [5, 5.41) is 0. The number of hydrogen-bond acceptors (Lipinski definition) is 1. The minimum atomic E-state index is -0.205. The van der Waals surface area contributed by atoms with Gasteiger partial charge in [-0.1, -0.05) is 33.6 Å². The Morgan fingerprint density at radius 2 is 2.07 bits per heavy atom. The summed E-state index contributed by atoms with van der Waals surface area (Å²) in [6.45, 7) is 7.98. The van der Waals surface area contributed by atoms with Gasteiger partial charge in [0.15, 0.2) is 5.82 Å². The van der Waals surface area contributed by atoms with Gasteiger partial charge in [-0.05, 0) is 13.3 Å². The van der Waals surface area contributed by atoms with E-state index in [2.05, 4.69) is 6.92 Å². The maximum absolute atomic E-state index is 13.4. The van der Waals surface area contributed by atoms with Crippen LogP contribution in [0.3, 0.4) is 0 Å². The predicted octanol–water partition coefficient (Wildman–Crippen LogP) is 4.19. The summed E-state index contributed by atoms with van der Waals surface area (Å²) in [5.41, 5.74) is -0.186. The van der Waals surface area contributed by atoms with E-state index in [0.29, 0.717) is 11.5 Å². The molecule has 0 atom stereocenters. The normalized spacial score (nSPS) is 12.1. The molecule has 0 fully saturated rings. The van der Waals surface area contributed by atoms with Crippen LogP contribution in [0.1, 0.15) is 51.6 Å². The van der Waals surface area contributed by atoms with Gasteiger partial charge >= 0.3 is 0 Å². The zero-order chi connectivity index (χ0) is 10.8. The molecule has 0 spiro atoms. The van der Waals surface area contributed by atoms with Gasteiger partial charge in [-0.2, -0.15) is 0 Å². The van der Waals surface area contributed by atoms with Crippen LogP contribution in [0.15, 0.2) is 10.5 Å². The van der Waals surface area contributed by atoms with E-state index in [1.54, 1.807) is 6.92 Å². The van der Waals surface area contributed by atoms with Crippen LogP contribution in [0.5, 0.6) is 0 Å². The molecule has 0 aliphatic heterocycles. The van der Waals surface area contributed by atoms with Gasteiger partial charge in [-0.15, -0.1) is 0 Å². The highest BCUT2D eigenvalue weighted by Gasteiger charge is 2.27. The van der Waals surface area contributed by atoms with Crippen molar-refractivity contribution in [3.8, 4) is 0 Å². The number of hydrogen-bond donors (Lipinski definition) is 0. The van der Waals surface area contributed by atoms with Crippen LogP contribution >= 0.6 is 0 Å². The zero-order valence-electron chi connectivity index (χ0n) is 9.48. The number of unbranched alkanes of at least 4 members (excludes halogenated alkanes) is 1. The van der Waals surface area contributed by atoms with Gasteiger partial charge in [0.2, 0.25) is 0 Å².